The summed E-state index contributed by atoms with van der Waals surface area (Å²) in [7, 11) is 0. The molecule has 2 atom stereocenters. The highest BCUT2D eigenvalue weighted by Crippen LogP contribution is 2.63. The number of carboxylic acid groups (broad SMARTS) is 1. The Kier molecular flexibility index (Phi) is 2.79. The molecule has 2 fully saturated rings. The van der Waals surface area contributed by atoms with E-state index in [1.165, 1.54) is 11.0 Å². The lowest BCUT2D eigenvalue weighted by Crippen LogP contribution is -2.36. The van der Waals surface area contributed by atoms with Gasteiger partial charge in [0.1, 0.15) is 5.75 Å². The molecule has 0 radical (unpaired) electrons. The van der Waals surface area contributed by atoms with Crippen molar-refractivity contribution in [3.8, 4) is 5.75 Å². The van der Waals surface area contributed by atoms with Gasteiger partial charge in [-0.05, 0) is 17.5 Å². The number of hydrogen-bond acceptors (Lipinski definition) is 4. The van der Waals surface area contributed by atoms with Gasteiger partial charge in [0.2, 0.25) is 11.8 Å². The van der Waals surface area contributed by atoms with Gasteiger partial charge in [-0.15, -0.1) is 0 Å². The lowest BCUT2D eigenvalue weighted by molar-refractivity contribution is -0.139. The smallest absolute Gasteiger partial charge is 0.341 e. The summed E-state index contributed by atoms with van der Waals surface area (Å²) in [6, 6.07) is 6.36. The predicted molar refractivity (Wildman–Crippen MR) is 72.8 cm³/mol. The van der Waals surface area contributed by atoms with Crippen LogP contribution in [0, 0.1) is 17.3 Å². The number of imide groups is 1. The Bertz CT molecular complexity index is 627. The molecule has 2 aliphatic rings. The molecule has 6 heteroatoms. The van der Waals surface area contributed by atoms with E-state index in [9.17, 15) is 14.4 Å². The Hall–Kier alpha value is -2.37. The fourth-order valence-corrected chi connectivity index (χ4v) is 3.06. The van der Waals surface area contributed by atoms with Gasteiger partial charge in [-0.2, -0.15) is 0 Å². The molecule has 110 valence electrons. The van der Waals surface area contributed by atoms with Crippen molar-refractivity contribution in [2.75, 3.05) is 11.5 Å². The summed E-state index contributed by atoms with van der Waals surface area (Å²) >= 11 is 0. The average Bonchev–Trinajstić information content (AvgIpc) is 2.87. The third-order valence-corrected chi connectivity index (χ3v) is 4.24. The maximum Gasteiger partial charge on any atom is 0.341 e. The van der Waals surface area contributed by atoms with E-state index in [2.05, 4.69) is 0 Å². The zero-order valence-corrected chi connectivity index (χ0v) is 11.7. The van der Waals surface area contributed by atoms with Gasteiger partial charge in [-0.1, -0.05) is 19.9 Å². The summed E-state index contributed by atoms with van der Waals surface area (Å²) in [6.45, 7) is 3.37. The number of benzene rings is 1. The third kappa shape index (κ3) is 1.98. The van der Waals surface area contributed by atoms with Gasteiger partial charge in [0.15, 0.2) is 6.61 Å². The maximum absolute atomic E-state index is 12.3. The molecule has 0 bridgehead atoms. The van der Waals surface area contributed by atoms with Crippen molar-refractivity contribution in [3.63, 3.8) is 0 Å². The van der Waals surface area contributed by atoms with Gasteiger partial charge in [0, 0.05) is 6.07 Å². The standard InChI is InChI=1S/C15H15NO5/c1-15(2)11-12(15)14(20)16(13(11)19)8-4-3-5-9(6-8)21-7-10(17)18/h3-6,11-12H,7H2,1-2H3,(H,17,18). The van der Waals surface area contributed by atoms with Crippen LogP contribution in [0.15, 0.2) is 24.3 Å². The van der Waals surface area contributed by atoms with E-state index in [-0.39, 0.29) is 29.1 Å². The molecule has 2 amide bonds. The van der Waals surface area contributed by atoms with Crippen LogP contribution in [0.2, 0.25) is 0 Å². The molecule has 1 aliphatic carbocycles. The molecule has 1 saturated carbocycles. The van der Waals surface area contributed by atoms with Crippen LogP contribution in [0.5, 0.6) is 5.75 Å². The number of fused-ring (bicyclic) bond motifs is 1. The fraction of sp³-hybridized carbons (Fsp3) is 0.400. The number of ether oxygens (including phenoxy) is 1. The molecule has 0 spiro atoms. The number of carbonyl (C=O) groups is 3. The topological polar surface area (TPSA) is 83.9 Å². The van der Waals surface area contributed by atoms with Crippen molar-refractivity contribution in [1.29, 1.82) is 0 Å². The summed E-state index contributed by atoms with van der Waals surface area (Å²) in [5.41, 5.74) is 0.179. The number of piperidine rings is 1. The zero-order chi connectivity index (χ0) is 15.4. The Morgan fingerprint density at radius 2 is 1.90 bits per heavy atom. The normalized spacial score (nSPS) is 25.7. The Morgan fingerprint density at radius 1 is 1.29 bits per heavy atom. The minimum absolute atomic E-state index is 0.189. The number of carboxylic acids is 1. The summed E-state index contributed by atoms with van der Waals surface area (Å²) in [4.78, 5) is 36.3. The highest BCUT2D eigenvalue weighted by Gasteiger charge is 2.72. The van der Waals surface area contributed by atoms with Crippen LogP contribution in [0.25, 0.3) is 0 Å². The molecule has 1 saturated heterocycles. The summed E-state index contributed by atoms with van der Waals surface area (Å²) in [6.07, 6.45) is 0. The van der Waals surface area contributed by atoms with E-state index in [4.69, 9.17) is 9.84 Å². The minimum atomic E-state index is -1.09. The lowest BCUT2D eigenvalue weighted by Gasteiger charge is -2.21. The Labute approximate surface area is 121 Å². The van der Waals surface area contributed by atoms with Crippen LogP contribution in [-0.2, 0) is 14.4 Å². The van der Waals surface area contributed by atoms with Crippen LogP contribution < -0.4 is 9.64 Å². The minimum Gasteiger partial charge on any atom is -0.482 e. The maximum atomic E-state index is 12.3. The Balaban J connectivity index is 1.82. The van der Waals surface area contributed by atoms with Crippen molar-refractivity contribution in [2.45, 2.75) is 13.8 Å². The van der Waals surface area contributed by atoms with Crippen LogP contribution >= 0.6 is 0 Å². The second kappa shape index (κ2) is 4.31. The first-order chi connectivity index (χ1) is 9.84. The third-order valence-electron chi connectivity index (χ3n) is 4.24. The molecular weight excluding hydrogens is 274 g/mol. The first-order valence-corrected chi connectivity index (χ1v) is 6.66. The largest absolute Gasteiger partial charge is 0.482 e. The molecule has 6 nitrogen and oxygen atoms in total. The molecule has 2 unspecified atom stereocenters. The van der Waals surface area contributed by atoms with Gasteiger partial charge in [-0.3, -0.25) is 9.59 Å². The second-order valence-corrected chi connectivity index (χ2v) is 5.97. The number of rotatable bonds is 4. The Morgan fingerprint density at radius 3 is 2.48 bits per heavy atom. The highest BCUT2D eigenvalue weighted by molar-refractivity contribution is 6.25. The molecule has 1 aromatic rings. The molecular formula is C15H15NO5. The molecule has 0 aromatic heterocycles. The summed E-state index contributed by atoms with van der Waals surface area (Å²) < 4.78 is 5.07. The van der Waals surface area contributed by atoms with Gasteiger partial charge in [0.25, 0.3) is 0 Å². The number of amides is 2. The van der Waals surface area contributed by atoms with Gasteiger partial charge in [0.05, 0.1) is 17.5 Å². The average molecular weight is 289 g/mol. The van der Waals surface area contributed by atoms with Gasteiger partial charge in [-0.25, -0.2) is 9.69 Å². The number of hydrogen-bond donors (Lipinski definition) is 1. The van der Waals surface area contributed by atoms with Crippen LogP contribution in [0.4, 0.5) is 5.69 Å². The first-order valence-electron chi connectivity index (χ1n) is 6.66. The molecule has 1 N–H and O–H groups in total. The summed E-state index contributed by atoms with van der Waals surface area (Å²) in [5.74, 6) is -1.63. The lowest BCUT2D eigenvalue weighted by atomic mass is 10.1. The first kappa shape index (κ1) is 13.6. The van der Waals surface area contributed by atoms with E-state index in [0.717, 1.165) is 0 Å². The van der Waals surface area contributed by atoms with Crippen molar-refractivity contribution < 1.29 is 24.2 Å². The van der Waals surface area contributed by atoms with Crippen molar-refractivity contribution in [2.24, 2.45) is 17.3 Å². The van der Waals surface area contributed by atoms with Crippen LogP contribution in [0.1, 0.15) is 13.8 Å². The SMILES string of the molecule is CC1(C)C2C(=O)N(c3cccc(OCC(=O)O)c3)C(=O)C21. The monoisotopic (exact) mass is 289 g/mol. The van der Waals surface area contributed by atoms with E-state index in [1.807, 2.05) is 13.8 Å². The van der Waals surface area contributed by atoms with Crippen molar-refractivity contribution >= 4 is 23.5 Å². The number of anilines is 1. The van der Waals surface area contributed by atoms with E-state index in [0.29, 0.717) is 11.4 Å². The predicted octanol–water partition coefficient (Wildman–Crippen LogP) is 1.30. The van der Waals surface area contributed by atoms with Gasteiger partial charge < -0.3 is 9.84 Å². The van der Waals surface area contributed by atoms with Crippen molar-refractivity contribution in [1.82, 2.24) is 0 Å². The molecule has 21 heavy (non-hydrogen) atoms. The quantitative estimate of drug-likeness (QED) is 0.844. The molecule has 1 heterocycles. The molecule has 1 aromatic carbocycles. The van der Waals surface area contributed by atoms with Crippen molar-refractivity contribution in [3.05, 3.63) is 24.3 Å². The van der Waals surface area contributed by atoms with E-state index < -0.39 is 12.6 Å². The number of aliphatic carboxylic acids is 1. The van der Waals surface area contributed by atoms with Gasteiger partial charge >= 0.3 is 5.97 Å². The molecule has 1 aliphatic heterocycles. The van der Waals surface area contributed by atoms with Crippen LogP contribution in [-0.4, -0.2) is 29.5 Å². The zero-order valence-electron chi connectivity index (χ0n) is 11.7. The molecule has 3 rings (SSSR count). The number of carbonyl (C=O) groups excluding carboxylic acids is 2. The van der Waals surface area contributed by atoms with Crippen LogP contribution in [0.3, 0.4) is 0 Å². The fourth-order valence-electron chi connectivity index (χ4n) is 3.06. The summed E-state index contributed by atoms with van der Waals surface area (Å²) in [5, 5.41) is 8.59. The van der Waals surface area contributed by atoms with E-state index in [1.54, 1.807) is 18.2 Å². The second-order valence-electron chi connectivity index (χ2n) is 5.97. The number of nitrogens with zero attached hydrogens (tertiary/aromatic N) is 1. The highest BCUT2D eigenvalue weighted by atomic mass is 16.5. The van der Waals surface area contributed by atoms with E-state index >= 15 is 0 Å².